The van der Waals surface area contributed by atoms with Crippen LogP contribution in [0.3, 0.4) is 0 Å². The van der Waals surface area contributed by atoms with Crippen LogP contribution in [0.4, 0.5) is 0 Å². The van der Waals surface area contributed by atoms with Crippen LogP contribution < -0.4 is 10.9 Å². The molecule has 0 saturated heterocycles. The largest absolute Gasteiger partial charge is 0.343 e. The molecule has 9 heteroatoms. The Morgan fingerprint density at radius 1 is 1.23 bits per heavy atom. The van der Waals surface area contributed by atoms with Crippen LogP contribution in [0.15, 0.2) is 25.0 Å². The van der Waals surface area contributed by atoms with Crippen molar-refractivity contribution < 1.29 is 9.59 Å². The summed E-state index contributed by atoms with van der Waals surface area (Å²) in [6.07, 6.45) is 1.88. The third-order valence-electron chi connectivity index (χ3n) is 2.91. The van der Waals surface area contributed by atoms with Crippen molar-refractivity contribution in [3.8, 4) is 0 Å². The van der Waals surface area contributed by atoms with Crippen LogP contribution in [0.1, 0.15) is 32.6 Å². The van der Waals surface area contributed by atoms with Crippen LogP contribution >= 0.6 is 59.1 Å². The number of nitrogens with one attached hydrogen (secondary N) is 2. The highest BCUT2D eigenvalue weighted by Crippen LogP contribution is 2.32. The first-order valence-electron chi connectivity index (χ1n) is 6.25. The molecule has 0 atom stereocenters. The molecule has 0 aliphatic rings. The number of halogens is 3. The van der Waals surface area contributed by atoms with Gasteiger partial charge in [-0.25, -0.2) is 0 Å². The van der Waals surface area contributed by atoms with Crippen LogP contribution in [0.25, 0.3) is 0 Å². The summed E-state index contributed by atoms with van der Waals surface area (Å²) in [5.74, 6) is -0.739. The number of carbonyl (C=O) groups is 2. The number of hydrazine groups is 1. The Kier molecular flexibility index (Phi) is 5.87. The third kappa shape index (κ3) is 3.64. The van der Waals surface area contributed by atoms with Gasteiger partial charge in [-0.15, -0.1) is 11.3 Å². The zero-order valence-electron chi connectivity index (χ0n) is 11.7. The van der Waals surface area contributed by atoms with Crippen LogP contribution in [-0.2, 0) is 6.54 Å². The SMILES string of the molecule is CCn1cc(C)c(Br)c1C(=O)NNC(=O)c1cc(Br)c(Br)s1. The molecular formula is C13H12Br3N3O2S. The predicted octanol–water partition coefficient (Wildman–Crippen LogP) is 4.24. The molecule has 0 bridgehead atoms. The van der Waals surface area contributed by atoms with Gasteiger partial charge in [-0.05, 0) is 73.3 Å². The molecule has 2 heterocycles. The number of aryl methyl sites for hydroxylation is 2. The summed E-state index contributed by atoms with van der Waals surface area (Å²) in [5, 5.41) is 0. The van der Waals surface area contributed by atoms with E-state index in [1.807, 2.05) is 24.6 Å². The van der Waals surface area contributed by atoms with Crippen molar-refractivity contribution in [1.82, 2.24) is 15.4 Å². The van der Waals surface area contributed by atoms with E-state index in [-0.39, 0.29) is 11.8 Å². The van der Waals surface area contributed by atoms with Crippen molar-refractivity contribution in [1.29, 1.82) is 0 Å². The molecule has 2 N–H and O–H groups in total. The van der Waals surface area contributed by atoms with Gasteiger partial charge >= 0.3 is 0 Å². The lowest BCUT2D eigenvalue weighted by Crippen LogP contribution is -2.42. The summed E-state index contributed by atoms with van der Waals surface area (Å²) >= 11 is 11.3. The minimum atomic E-state index is -0.370. The van der Waals surface area contributed by atoms with Crippen LogP contribution in [0.5, 0.6) is 0 Å². The van der Waals surface area contributed by atoms with Crippen molar-refractivity contribution in [2.75, 3.05) is 0 Å². The van der Waals surface area contributed by atoms with Gasteiger partial charge in [0.1, 0.15) is 5.69 Å². The van der Waals surface area contributed by atoms with Gasteiger partial charge in [-0.2, -0.15) is 0 Å². The molecule has 22 heavy (non-hydrogen) atoms. The quantitative estimate of drug-likeness (QED) is 0.603. The summed E-state index contributed by atoms with van der Waals surface area (Å²) in [4.78, 5) is 24.8. The van der Waals surface area contributed by atoms with Gasteiger partial charge in [0.2, 0.25) is 0 Å². The summed E-state index contributed by atoms with van der Waals surface area (Å²) < 4.78 is 4.16. The Balaban J connectivity index is 2.08. The Labute approximate surface area is 156 Å². The molecular weight excluding hydrogens is 502 g/mol. The predicted molar refractivity (Wildman–Crippen MR) is 97.2 cm³/mol. The Hall–Kier alpha value is -0.640. The van der Waals surface area contributed by atoms with Gasteiger partial charge < -0.3 is 4.57 Å². The van der Waals surface area contributed by atoms with E-state index in [4.69, 9.17) is 0 Å². The number of aromatic nitrogens is 1. The second-order valence-corrected chi connectivity index (χ2v) is 8.42. The van der Waals surface area contributed by atoms with Gasteiger partial charge in [0.25, 0.3) is 11.8 Å². The maximum absolute atomic E-state index is 12.3. The fourth-order valence-electron chi connectivity index (χ4n) is 1.84. The average molecular weight is 514 g/mol. The molecule has 0 fully saturated rings. The lowest BCUT2D eigenvalue weighted by atomic mass is 10.3. The number of nitrogens with zero attached hydrogens (tertiary/aromatic N) is 1. The molecule has 0 aliphatic carbocycles. The van der Waals surface area contributed by atoms with E-state index in [1.54, 1.807) is 6.07 Å². The van der Waals surface area contributed by atoms with E-state index in [1.165, 1.54) is 11.3 Å². The highest BCUT2D eigenvalue weighted by Gasteiger charge is 2.19. The number of amides is 2. The van der Waals surface area contributed by atoms with E-state index in [9.17, 15) is 9.59 Å². The normalized spacial score (nSPS) is 10.6. The average Bonchev–Trinajstić information content (AvgIpc) is 2.97. The molecule has 0 saturated carbocycles. The second kappa shape index (κ2) is 7.29. The monoisotopic (exact) mass is 511 g/mol. The minimum absolute atomic E-state index is 0.368. The lowest BCUT2D eigenvalue weighted by Gasteiger charge is -2.09. The van der Waals surface area contributed by atoms with E-state index < -0.39 is 0 Å². The van der Waals surface area contributed by atoms with Crippen molar-refractivity contribution in [2.24, 2.45) is 0 Å². The molecule has 0 aromatic carbocycles. The van der Waals surface area contributed by atoms with E-state index in [0.29, 0.717) is 17.1 Å². The number of rotatable bonds is 3. The maximum Gasteiger partial charge on any atom is 0.287 e. The molecule has 0 radical (unpaired) electrons. The Bertz CT molecular complexity index is 720. The van der Waals surface area contributed by atoms with Gasteiger partial charge in [-0.1, -0.05) is 0 Å². The highest BCUT2D eigenvalue weighted by atomic mass is 79.9. The third-order valence-corrected chi connectivity index (χ3v) is 7.16. The number of hydrogen-bond acceptors (Lipinski definition) is 3. The smallest absolute Gasteiger partial charge is 0.287 e. The molecule has 5 nitrogen and oxygen atoms in total. The molecule has 118 valence electrons. The van der Waals surface area contributed by atoms with E-state index >= 15 is 0 Å². The summed E-state index contributed by atoms with van der Waals surface area (Å²) in [7, 11) is 0. The van der Waals surface area contributed by atoms with Crippen LogP contribution in [-0.4, -0.2) is 16.4 Å². The topological polar surface area (TPSA) is 63.1 Å². The first-order chi connectivity index (χ1) is 10.3. The first kappa shape index (κ1) is 17.7. The molecule has 0 aliphatic heterocycles. The second-order valence-electron chi connectivity index (χ2n) is 4.40. The fraction of sp³-hybridized carbons (Fsp3) is 0.231. The molecule has 0 spiro atoms. The van der Waals surface area contributed by atoms with Crippen molar-refractivity contribution in [2.45, 2.75) is 20.4 Å². The number of thiophene rings is 1. The standard InChI is InChI=1S/C13H12Br3N3O2S/c1-3-19-5-6(2)9(15)10(19)13(21)18-17-12(20)8-4-7(14)11(16)22-8/h4-5H,3H2,1-2H3,(H,17,20)(H,18,21). The summed E-state index contributed by atoms with van der Waals surface area (Å²) in [6, 6.07) is 1.69. The lowest BCUT2D eigenvalue weighted by molar-refractivity contribution is 0.0843. The van der Waals surface area contributed by atoms with Crippen molar-refractivity contribution >= 4 is 70.9 Å². The summed E-state index contributed by atoms with van der Waals surface area (Å²) in [6.45, 7) is 4.52. The first-order valence-corrected chi connectivity index (χ1v) is 9.45. The van der Waals surface area contributed by atoms with Crippen molar-refractivity contribution in [3.63, 3.8) is 0 Å². The highest BCUT2D eigenvalue weighted by molar-refractivity contribution is 9.13. The fourth-order valence-corrected chi connectivity index (χ4v) is 4.28. The number of carbonyl (C=O) groups excluding carboxylic acids is 2. The molecule has 2 rings (SSSR count). The zero-order chi connectivity index (χ0) is 16.4. The van der Waals surface area contributed by atoms with Gasteiger partial charge in [0.15, 0.2) is 0 Å². The minimum Gasteiger partial charge on any atom is -0.343 e. The maximum atomic E-state index is 12.3. The van der Waals surface area contributed by atoms with Crippen LogP contribution in [0, 0.1) is 6.92 Å². The van der Waals surface area contributed by atoms with Gasteiger partial charge in [-0.3, -0.25) is 20.4 Å². The molecule has 2 aromatic heterocycles. The molecule has 2 aromatic rings. The molecule has 2 amide bonds. The van der Waals surface area contributed by atoms with E-state index in [0.717, 1.165) is 18.3 Å². The van der Waals surface area contributed by atoms with Gasteiger partial charge in [0, 0.05) is 17.2 Å². The van der Waals surface area contributed by atoms with Crippen LogP contribution in [0.2, 0.25) is 0 Å². The molecule has 0 unspecified atom stereocenters. The Morgan fingerprint density at radius 2 is 1.86 bits per heavy atom. The van der Waals surface area contributed by atoms with E-state index in [2.05, 4.69) is 58.6 Å². The zero-order valence-corrected chi connectivity index (χ0v) is 17.2. The van der Waals surface area contributed by atoms with Crippen molar-refractivity contribution in [3.05, 3.63) is 41.1 Å². The number of hydrogen-bond donors (Lipinski definition) is 2. The summed E-state index contributed by atoms with van der Waals surface area (Å²) in [5.41, 5.74) is 6.31. The Morgan fingerprint density at radius 3 is 2.41 bits per heavy atom. The van der Waals surface area contributed by atoms with Gasteiger partial charge in [0.05, 0.1) is 13.1 Å².